The molecule has 0 spiro atoms. The van der Waals surface area contributed by atoms with Gasteiger partial charge in [0, 0.05) is 30.3 Å². The number of nitrogens with zero attached hydrogens (tertiary/aromatic N) is 1. The first-order valence-electron chi connectivity index (χ1n) is 8.06. The second-order valence-electron chi connectivity index (χ2n) is 6.31. The molecule has 1 aromatic carbocycles. The van der Waals surface area contributed by atoms with E-state index in [1.807, 2.05) is 20.0 Å². The average Bonchev–Trinajstić information content (AvgIpc) is 2.56. The molecule has 128 valence electrons. The number of hydrogen-bond donors (Lipinski definition) is 3. The van der Waals surface area contributed by atoms with E-state index < -0.39 is 0 Å². The maximum absolute atomic E-state index is 12.7. The molecule has 6 heteroatoms. The maximum Gasteiger partial charge on any atom is 0.227 e. The first kappa shape index (κ1) is 17.6. The Bertz CT molecular complexity index is 550. The summed E-state index contributed by atoms with van der Waals surface area (Å²) < 4.78 is 6.18. The van der Waals surface area contributed by atoms with Crippen LogP contribution in [0.2, 0.25) is 0 Å². The number of carbonyl (C=O) groups excluding carboxylic acids is 1. The van der Waals surface area contributed by atoms with Gasteiger partial charge in [0.2, 0.25) is 5.91 Å². The molecule has 0 aliphatic carbocycles. The zero-order chi connectivity index (χ0) is 17.0. The summed E-state index contributed by atoms with van der Waals surface area (Å²) in [6, 6.07) is 5.19. The van der Waals surface area contributed by atoms with E-state index >= 15 is 0 Å². The van der Waals surface area contributed by atoms with Crippen LogP contribution in [-0.2, 0) is 11.2 Å². The lowest BCUT2D eigenvalue weighted by atomic mass is 10.0. The molecule has 0 fully saturated rings. The summed E-state index contributed by atoms with van der Waals surface area (Å²) in [6.07, 6.45) is 0.158. The lowest BCUT2D eigenvalue weighted by Crippen LogP contribution is -2.47. The topological polar surface area (TPSA) is 87.8 Å². The summed E-state index contributed by atoms with van der Waals surface area (Å²) in [4.78, 5) is 14.5. The van der Waals surface area contributed by atoms with Gasteiger partial charge in [0.15, 0.2) is 0 Å². The number of fused-ring (bicyclic) bond motifs is 1. The minimum atomic E-state index is -0.220. The van der Waals surface area contributed by atoms with Crippen molar-refractivity contribution in [2.24, 2.45) is 5.92 Å². The molecular weight excluding hydrogens is 294 g/mol. The summed E-state index contributed by atoms with van der Waals surface area (Å²) in [5.41, 5.74) is 7.27. The van der Waals surface area contributed by atoms with Crippen molar-refractivity contribution in [3.05, 3.63) is 23.8 Å². The zero-order valence-corrected chi connectivity index (χ0v) is 14.1. The minimum absolute atomic E-state index is 0.0149. The van der Waals surface area contributed by atoms with Gasteiger partial charge in [-0.05, 0) is 32.2 Å². The molecule has 1 heterocycles. The number of aliphatic hydroxyl groups excluding tert-OH is 1. The molecule has 1 aliphatic rings. The van der Waals surface area contributed by atoms with Crippen LogP contribution in [0.3, 0.4) is 0 Å². The Morgan fingerprint density at radius 1 is 1.52 bits per heavy atom. The average molecular weight is 321 g/mol. The third-order valence-electron chi connectivity index (χ3n) is 4.35. The lowest BCUT2D eigenvalue weighted by molar-refractivity contribution is -0.134. The number of amides is 1. The van der Waals surface area contributed by atoms with Crippen LogP contribution in [0.15, 0.2) is 18.2 Å². The lowest BCUT2D eigenvalue weighted by Gasteiger charge is -2.32. The van der Waals surface area contributed by atoms with Crippen LogP contribution < -0.4 is 15.8 Å². The number of ether oxygens (including phenoxy) is 1. The third kappa shape index (κ3) is 4.14. The van der Waals surface area contributed by atoms with Crippen LogP contribution >= 0.6 is 0 Å². The number of carbonyl (C=O) groups is 1. The molecule has 1 amide bonds. The molecule has 0 bridgehead atoms. The normalized spacial score (nSPS) is 23.3. The molecule has 1 aromatic rings. The van der Waals surface area contributed by atoms with E-state index in [4.69, 9.17) is 10.5 Å². The molecule has 23 heavy (non-hydrogen) atoms. The van der Waals surface area contributed by atoms with Crippen LogP contribution in [-0.4, -0.2) is 54.8 Å². The Kier molecular flexibility index (Phi) is 5.85. The predicted octanol–water partition coefficient (Wildman–Crippen LogP) is 0.637. The molecule has 6 nitrogen and oxygen atoms in total. The van der Waals surface area contributed by atoms with Gasteiger partial charge in [-0.25, -0.2) is 0 Å². The van der Waals surface area contributed by atoms with Gasteiger partial charge in [-0.15, -0.1) is 0 Å². The van der Waals surface area contributed by atoms with E-state index in [2.05, 4.69) is 12.2 Å². The molecular formula is C17H27N3O3. The molecule has 0 saturated carbocycles. The molecule has 0 unspecified atom stereocenters. The summed E-state index contributed by atoms with van der Waals surface area (Å²) in [5, 5.41) is 12.6. The first-order valence-corrected chi connectivity index (χ1v) is 8.06. The number of nitrogens with one attached hydrogen (secondary N) is 1. The van der Waals surface area contributed by atoms with Crippen molar-refractivity contribution in [2.45, 2.75) is 32.4 Å². The Morgan fingerprint density at radius 3 is 2.91 bits per heavy atom. The standard InChI is InChI=1S/C17H27N3O3/c1-11-9-20(12(2)10-21)17(22)7-13-6-14(18)4-5-15(13)23-16(11)8-19-3/h4-6,11-12,16,19,21H,7-10,18H2,1-3H3/t11-,12+,16+/m1/s1. The van der Waals surface area contributed by atoms with Crippen molar-refractivity contribution in [3.63, 3.8) is 0 Å². The third-order valence-corrected chi connectivity index (χ3v) is 4.35. The highest BCUT2D eigenvalue weighted by Crippen LogP contribution is 2.27. The number of rotatable bonds is 4. The van der Waals surface area contributed by atoms with Gasteiger partial charge in [-0.1, -0.05) is 6.92 Å². The SMILES string of the molecule is CNC[C@@H]1Oc2ccc(N)cc2CC(=O)N([C@@H](C)CO)C[C@H]1C. The predicted molar refractivity (Wildman–Crippen MR) is 90.3 cm³/mol. The second-order valence-corrected chi connectivity index (χ2v) is 6.31. The van der Waals surface area contributed by atoms with Gasteiger partial charge >= 0.3 is 0 Å². The van der Waals surface area contributed by atoms with Crippen LogP contribution in [0.25, 0.3) is 0 Å². The van der Waals surface area contributed by atoms with Crippen molar-refractivity contribution in [1.29, 1.82) is 0 Å². The minimum Gasteiger partial charge on any atom is -0.488 e. The Labute approximate surface area is 137 Å². The van der Waals surface area contributed by atoms with Crippen LogP contribution in [0, 0.1) is 5.92 Å². The van der Waals surface area contributed by atoms with Crippen LogP contribution in [0.1, 0.15) is 19.4 Å². The number of hydrogen-bond acceptors (Lipinski definition) is 5. The van der Waals surface area contributed by atoms with E-state index in [9.17, 15) is 9.90 Å². The summed E-state index contributed by atoms with van der Waals surface area (Å²) in [5.74, 6) is 0.820. The highest BCUT2D eigenvalue weighted by Gasteiger charge is 2.29. The second kappa shape index (κ2) is 7.66. The molecule has 1 aliphatic heterocycles. The van der Waals surface area contributed by atoms with Gasteiger partial charge in [0.1, 0.15) is 11.9 Å². The zero-order valence-electron chi connectivity index (χ0n) is 14.1. The smallest absolute Gasteiger partial charge is 0.227 e. The molecule has 0 radical (unpaired) electrons. The van der Waals surface area contributed by atoms with E-state index in [1.54, 1.807) is 17.0 Å². The van der Waals surface area contributed by atoms with Crippen LogP contribution in [0.5, 0.6) is 5.75 Å². The van der Waals surface area contributed by atoms with Crippen molar-refractivity contribution in [2.75, 3.05) is 32.5 Å². The number of anilines is 1. The molecule has 0 saturated heterocycles. The molecule has 3 atom stereocenters. The maximum atomic E-state index is 12.7. The highest BCUT2D eigenvalue weighted by atomic mass is 16.5. The molecule has 4 N–H and O–H groups in total. The molecule has 0 aromatic heterocycles. The number of likely N-dealkylation sites (N-methyl/N-ethyl adjacent to an activating group) is 1. The van der Waals surface area contributed by atoms with E-state index in [0.29, 0.717) is 24.5 Å². The van der Waals surface area contributed by atoms with Gasteiger partial charge in [-0.3, -0.25) is 4.79 Å². The summed E-state index contributed by atoms with van der Waals surface area (Å²) >= 11 is 0. The van der Waals surface area contributed by atoms with Gasteiger partial charge < -0.3 is 25.8 Å². The van der Waals surface area contributed by atoms with Crippen molar-refractivity contribution >= 4 is 11.6 Å². The van der Waals surface area contributed by atoms with Crippen molar-refractivity contribution in [3.8, 4) is 5.75 Å². The fourth-order valence-electron chi connectivity index (χ4n) is 2.89. The highest BCUT2D eigenvalue weighted by molar-refractivity contribution is 5.80. The largest absolute Gasteiger partial charge is 0.488 e. The van der Waals surface area contributed by atoms with E-state index in [1.165, 1.54) is 0 Å². The van der Waals surface area contributed by atoms with Crippen molar-refractivity contribution < 1.29 is 14.6 Å². The van der Waals surface area contributed by atoms with Crippen molar-refractivity contribution in [1.82, 2.24) is 10.2 Å². The fraction of sp³-hybridized carbons (Fsp3) is 0.588. The Hall–Kier alpha value is -1.79. The van der Waals surface area contributed by atoms with Gasteiger partial charge in [-0.2, -0.15) is 0 Å². The first-order chi connectivity index (χ1) is 11.0. The fourth-order valence-corrected chi connectivity index (χ4v) is 2.89. The monoisotopic (exact) mass is 321 g/mol. The van der Waals surface area contributed by atoms with E-state index in [-0.39, 0.29) is 37.0 Å². The number of nitrogen functional groups attached to an aromatic ring is 1. The van der Waals surface area contributed by atoms with E-state index in [0.717, 1.165) is 5.56 Å². The number of aliphatic hydroxyl groups is 1. The Balaban J connectivity index is 2.40. The number of benzene rings is 1. The summed E-state index contributed by atoms with van der Waals surface area (Å²) in [7, 11) is 1.88. The summed E-state index contributed by atoms with van der Waals surface area (Å²) in [6.45, 7) is 5.10. The number of nitrogens with two attached hydrogens (primary N) is 1. The van der Waals surface area contributed by atoms with Crippen LogP contribution in [0.4, 0.5) is 5.69 Å². The van der Waals surface area contributed by atoms with Gasteiger partial charge in [0.05, 0.1) is 19.1 Å². The van der Waals surface area contributed by atoms with Gasteiger partial charge in [0.25, 0.3) is 0 Å². The molecule has 2 rings (SSSR count). The quantitative estimate of drug-likeness (QED) is 0.708. The Morgan fingerprint density at radius 2 is 2.26 bits per heavy atom.